The van der Waals surface area contributed by atoms with Crippen LogP contribution < -0.4 is 4.72 Å². The van der Waals surface area contributed by atoms with E-state index in [4.69, 9.17) is 9.47 Å². The summed E-state index contributed by atoms with van der Waals surface area (Å²) < 4.78 is 36.4. The van der Waals surface area contributed by atoms with E-state index in [-0.39, 0.29) is 31.1 Å². The van der Waals surface area contributed by atoms with Gasteiger partial charge in [0.05, 0.1) is 25.0 Å². The molecule has 6 nitrogen and oxygen atoms in total. The summed E-state index contributed by atoms with van der Waals surface area (Å²) in [5.41, 5.74) is 0. The molecular weight excluding hydrogens is 234 g/mol. The lowest BCUT2D eigenvalue weighted by Gasteiger charge is -2.17. The monoisotopic (exact) mass is 251 g/mol. The first-order valence-corrected chi connectivity index (χ1v) is 7.10. The van der Waals surface area contributed by atoms with Crippen LogP contribution in [0.3, 0.4) is 0 Å². The van der Waals surface area contributed by atoms with Gasteiger partial charge in [0, 0.05) is 0 Å². The van der Waals surface area contributed by atoms with Gasteiger partial charge >= 0.3 is 0 Å². The highest BCUT2D eigenvalue weighted by molar-refractivity contribution is 7.89. The van der Waals surface area contributed by atoms with Crippen LogP contribution in [0, 0.1) is 0 Å². The van der Waals surface area contributed by atoms with E-state index in [2.05, 4.69) is 4.72 Å². The van der Waals surface area contributed by atoms with Crippen LogP contribution in [0.2, 0.25) is 0 Å². The molecule has 4 atom stereocenters. The van der Waals surface area contributed by atoms with Crippen molar-refractivity contribution in [3.05, 3.63) is 0 Å². The number of ether oxygens (including phenoxy) is 2. The minimum absolute atomic E-state index is 0.101. The largest absolute Gasteiger partial charge is 0.388 e. The molecule has 2 N–H and O–H groups in total. The highest BCUT2D eigenvalue weighted by Gasteiger charge is 2.48. The van der Waals surface area contributed by atoms with E-state index in [0.29, 0.717) is 6.42 Å². The van der Waals surface area contributed by atoms with E-state index in [1.807, 2.05) is 6.92 Å². The predicted molar refractivity (Wildman–Crippen MR) is 56.5 cm³/mol. The summed E-state index contributed by atoms with van der Waals surface area (Å²) in [4.78, 5) is 0. The van der Waals surface area contributed by atoms with Gasteiger partial charge in [-0.25, -0.2) is 13.1 Å². The Morgan fingerprint density at radius 3 is 2.69 bits per heavy atom. The Labute approximate surface area is 95.0 Å². The molecule has 2 aliphatic rings. The Balaban J connectivity index is 1.97. The Hall–Kier alpha value is -0.210. The highest BCUT2D eigenvalue weighted by atomic mass is 32.2. The van der Waals surface area contributed by atoms with Gasteiger partial charge in [-0.05, 0) is 6.42 Å². The standard InChI is InChI=1S/C9H17NO5S/c1-2-3-16(12,13)10-6-4-14-9-7(11)5-15-8(6)9/h6-11H,2-5H2,1H3/t6-,7+,8+,9+/m0/s1. The van der Waals surface area contributed by atoms with Gasteiger partial charge < -0.3 is 14.6 Å². The van der Waals surface area contributed by atoms with E-state index in [0.717, 1.165) is 0 Å². The zero-order chi connectivity index (χ0) is 11.8. The molecule has 0 spiro atoms. The first-order chi connectivity index (χ1) is 7.53. The third-order valence-electron chi connectivity index (χ3n) is 2.83. The van der Waals surface area contributed by atoms with E-state index in [1.54, 1.807) is 0 Å². The fourth-order valence-corrected chi connectivity index (χ4v) is 3.46. The maximum absolute atomic E-state index is 11.6. The zero-order valence-electron chi connectivity index (χ0n) is 9.13. The summed E-state index contributed by atoms with van der Waals surface area (Å²) in [5, 5.41) is 9.49. The molecule has 0 bridgehead atoms. The van der Waals surface area contributed by atoms with Crippen LogP contribution in [0.25, 0.3) is 0 Å². The fraction of sp³-hybridized carbons (Fsp3) is 1.00. The van der Waals surface area contributed by atoms with Crippen molar-refractivity contribution < 1.29 is 23.0 Å². The average molecular weight is 251 g/mol. The molecule has 2 rings (SSSR count). The Morgan fingerprint density at radius 1 is 1.31 bits per heavy atom. The first-order valence-electron chi connectivity index (χ1n) is 5.45. The normalized spacial score (nSPS) is 38.9. The summed E-state index contributed by atoms with van der Waals surface area (Å²) in [7, 11) is -3.26. The molecule has 2 fully saturated rings. The minimum atomic E-state index is -3.26. The molecule has 0 aromatic rings. The van der Waals surface area contributed by atoms with Gasteiger partial charge in [-0.3, -0.25) is 0 Å². The van der Waals surface area contributed by atoms with Gasteiger partial charge in [-0.1, -0.05) is 6.92 Å². The zero-order valence-corrected chi connectivity index (χ0v) is 9.94. The molecule has 94 valence electrons. The third-order valence-corrected chi connectivity index (χ3v) is 4.44. The molecule has 7 heteroatoms. The molecule has 2 saturated heterocycles. The van der Waals surface area contributed by atoms with Crippen molar-refractivity contribution in [2.45, 2.75) is 37.7 Å². The number of hydrogen-bond acceptors (Lipinski definition) is 5. The Morgan fingerprint density at radius 2 is 2.00 bits per heavy atom. The van der Waals surface area contributed by atoms with Crippen molar-refractivity contribution in [3.63, 3.8) is 0 Å². The van der Waals surface area contributed by atoms with Gasteiger partial charge in [-0.15, -0.1) is 0 Å². The summed E-state index contributed by atoms with van der Waals surface area (Å²) >= 11 is 0. The van der Waals surface area contributed by atoms with Crippen LogP contribution >= 0.6 is 0 Å². The molecule has 0 amide bonds. The number of fused-ring (bicyclic) bond motifs is 1. The molecule has 0 aromatic carbocycles. The Kier molecular flexibility index (Phi) is 3.50. The number of nitrogens with one attached hydrogen (secondary N) is 1. The second kappa shape index (κ2) is 4.58. The first kappa shape index (κ1) is 12.3. The fourth-order valence-electron chi connectivity index (χ4n) is 2.14. The Bertz CT molecular complexity index is 344. The summed E-state index contributed by atoms with van der Waals surface area (Å²) in [5.74, 6) is 0.101. The molecular formula is C9H17NO5S. The number of aliphatic hydroxyl groups excluding tert-OH is 1. The van der Waals surface area contributed by atoms with Crippen LogP contribution in [-0.4, -0.2) is 56.8 Å². The van der Waals surface area contributed by atoms with E-state index in [9.17, 15) is 13.5 Å². The molecule has 0 aromatic heterocycles. The minimum Gasteiger partial charge on any atom is -0.388 e. The summed E-state index contributed by atoms with van der Waals surface area (Å²) in [6, 6.07) is -0.376. The number of hydrogen-bond donors (Lipinski definition) is 2. The number of sulfonamides is 1. The van der Waals surface area contributed by atoms with Gasteiger partial charge in [0.25, 0.3) is 0 Å². The van der Waals surface area contributed by atoms with Crippen molar-refractivity contribution in [2.75, 3.05) is 19.0 Å². The second-order valence-electron chi connectivity index (χ2n) is 4.21. The SMILES string of the molecule is CCCS(=O)(=O)N[C@H]1CO[C@H]2[C@@H]1OC[C@H]2O. The lowest BCUT2D eigenvalue weighted by molar-refractivity contribution is 0.0181. The molecule has 0 aliphatic carbocycles. The van der Waals surface area contributed by atoms with Crippen molar-refractivity contribution in [1.29, 1.82) is 0 Å². The summed E-state index contributed by atoms with van der Waals surface area (Å²) in [6.07, 6.45) is -0.831. The quantitative estimate of drug-likeness (QED) is 0.658. The van der Waals surface area contributed by atoms with E-state index < -0.39 is 22.2 Å². The molecule has 16 heavy (non-hydrogen) atoms. The van der Waals surface area contributed by atoms with Gasteiger partial charge in [-0.2, -0.15) is 0 Å². The highest BCUT2D eigenvalue weighted by Crippen LogP contribution is 2.27. The molecule has 2 heterocycles. The van der Waals surface area contributed by atoms with Crippen molar-refractivity contribution in [1.82, 2.24) is 4.72 Å². The molecule has 0 unspecified atom stereocenters. The predicted octanol–water partition coefficient (Wildman–Crippen LogP) is -1.16. The van der Waals surface area contributed by atoms with Gasteiger partial charge in [0.2, 0.25) is 10.0 Å². The van der Waals surface area contributed by atoms with Crippen molar-refractivity contribution >= 4 is 10.0 Å². The van der Waals surface area contributed by atoms with Crippen molar-refractivity contribution in [3.8, 4) is 0 Å². The maximum Gasteiger partial charge on any atom is 0.212 e. The third kappa shape index (κ3) is 2.38. The lowest BCUT2D eigenvalue weighted by atomic mass is 10.1. The van der Waals surface area contributed by atoms with Crippen LogP contribution in [0.1, 0.15) is 13.3 Å². The second-order valence-corrected chi connectivity index (χ2v) is 6.08. The van der Waals surface area contributed by atoms with Crippen LogP contribution in [0.5, 0.6) is 0 Å². The average Bonchev–Trinajstić information content (AvgIpc) is 2.71. The van der Waals surface area contributed by atoms with Crippen molar-refractivity contribution in [2.24, 2.45) is 0 Å². The molecule has 2 aliphatic heterocycles. The van der Waals surface area contributed by atoms with Crippen LogP contribution in [0.4, 0.5) is 0 Å². The number of aliphatic hydroxyl groups is 1. The summed E-state index contributed by atoms with van der Waals surface area (Å²) in [6.45, 7) is 2.28. The van der Waals surface area contributed by atoms with E-state index in [1.165, 1.54) is 0 Å². The van der Waals surface area contributed by atoms with Gasteiger partial charge in [0.1, 0.15) is 18.3 Å². The van der Waals surface area contributed by atoms with Gasteiger partial charge in [0.15, 0.2) is 0 Å². The topological polar surface area (TPSA) is 84.9 Å². The number of rotatable bonds is 4. The van der Waals surface area contributed by atoms with Crippen LogP contribution in [-0.2, 0) is 19.5 Å². The molecule has 0 saturated carbocycles. The molecule has 0 radical (unpaired) electrons. The lowest BCUT2D eigenvalue weighted by Crippen LogP contribution is -2.44. The van der Waals surface area contributed by atoms with Crippen LogP contribution in [0.15, 0.2) is 0 Å². The smallest absolute Gasteiger partial charge is 0.212 e. The maximum atomic E-state index is 11.6. The van der Waals surface area contributed by atoms with E-state index >= 15 is 0 Å².